The van der Waals surface area contributed by atoms with E-state index in [9.17, 15) is 9.90 Å². The van der Waals surface area contributed by atoms with Crippen LogP contribution in [0.3, 0.4) is 0 Å². The van der Waals surface area contributed by atoms with Gasteiger partial charge in [0.15, 0.2) is 5.78 Å². The Hall–Kier alpha value is -2.19. The molecule has 0 aromatic heterocycles. The van der Waals surface area contributed by atoms with E-state index in [-0.39, 0.29) is 5.78 Å². The molecular formula is C18H16O2. The first-order valence-electron chi connectivity index (χ1n) is 6.73. The molecule has 20 heavy (non-hydrogen) atoms. The number of hydrogen-bond donors (Lipinski definition) is 1. The second kappa shape index (κ2) is 4.73. The highest BCUT2D eigenvalue weighted by Gasteiger charge is 2.47. The van der Waals surface area contributed by atoms with Crippen LogP contribution in [0.2, 0.25) is 0 Å². The molecule has 3 rings (SSSR count). The number of carbonyl (C=O) groups excluding carboxylic acids is 1. The molecule has 1 N–H and O–H groups in total. The fourth-order valence-electron chi connectivity index (χ4n) is 2.84. The molecule has 2 atom stereocenters. The summed E-state index contributed by atoms with van der Waals surface area (Å²) in [6.07, 6.45) is 1.58. The van der Waals surface area contributed by atoms with Gasteiger partial charge in [-0.3, -0.25) is 4.79 Å². The van der Waals surface area contributed by atoms with Crippen molar-refractivity contribution in [3.63, 3.8) is 0 Å². The van der Waals surface area contributed by atoms with Gasteiger partial charge in [0, 0.05) is 0 Å². The van der Waals surface area contributed by atoms with E-state index < -0.39 is 11.5 Å². The number of rotatable bonds is 2. The van der Waals surface area contributed by atoms with Crippen molar-refractivity contribution in [2.45, 2.75) is 12.5 Å². The van der Waals surface area contributed by atoms with Crippen molar-refractivity contribution in [3.05, 3.63) is 77.9 Å². The van der Waals surface area contributed by atoms with Crippen molar-refractivity contribution in [1.82, 2.24) is 0 Å². The van der Waals surface area contributed by atoms with Gasteiger partial charge in [0.1, 0.15) is 5.60 Å². The van der Waals surface area contributed by atoms with Gasteiger partial charge in [-0.2, -0.15) is 0 Å². The molecule has 0 aliphatic heterocycles. The molecule has 0 saturated carbocycles. The largest absolute Gasteiger partial charge is 0.380 e. The van der Waals surface area contributed by atoms with Crippen molar-refractivity contribution in [2.75, 3.05) is 0 Å². The summed E-state index contributed by atoms with van der Waals surface area (Å²) in [7, 11) is 0. The summed E-state index contributed by atoms with van der Waals surface area (Å²) in [6, 6.07) is 19.0. The van der Waals surface area contributed by atoms with Crippen LogP contribution in [0.1, 0.15) is 18.1 Å². The zero-order chi connectivity index (χ0) is 14.2. The molecule has 0 bridgehead atoms. The van der Waals surface area contributed by atoms with E-state index in [2.05, 4.69) is 0 Å². The van der Waals surface area contributed by atoms with Gasteiger partial charge < -0.3 is 5.11 Å². The van der Waals surface area contributed by atoms with E-state index in [0.717, 1.165) is 11.1 Å². The van der Waals surface area contributed by atoms with E-state index in [1.54, 1.807) is 13.0 Å². The summed E-state index contributed by atoms with van der Waals surface area (Å²) in [5.41, 5.74) is 1.08. The van der Waals surface area contributed by atoms with Crippen molar-refractivity contribution in [2.24, 2.45) is 5.92 Å². The quantitative estimate of drug-likeness (QED) is 0.904. The maximum absolute atomic E-state index is 12.1. The number of hydrogen-bond acceptors (Lipinski definition) is 2. The third-order valence-corrected chi connectivity index (χ3v) is 4.05. The van der Waals surface area contributed by atoms with Crippen molar-refractivity contribution in [1.29, 1.82) is 0 Å². The van der Waals surface area contributed by atoms with E-state index >= 15 is 0 Å². The molecule has 0 radical (unpaired) electrons. The second-order valence-corrected chi connectivity index (χ2v) is 5.18. The fourth-order valence-corrected chi connectivity index (χ4v) is 2.84. The topological polar surface area (TPSA) is 37.3 Å². The molecular weight excluding hydrogens is 248 g/mol. The van der Waals surface area contributed by atoms with Crippen molar-refractivity contribution < 1.29 is 9.90 Å². The summed E-state index contributed by atoms with van der Waals surface area (Å²) in [5, 5.41) is 11.2. The highest BCUT2D eigenvalue weighted by Crippen LogP contribution is 2.46. The predicted molar refractivity (Wildman–Crippen MR) is 78.9 cm³/mol. The Morgan fingerprint density at radius 2 is 1.50 bits per heavy atom. The highest BCUT2D eigenvalue weighted by atomic mass is 16.3. The molecule has 0 spiro atoms. The number of aliphatic hydroxyl groups is 1. The lowest BCUT2D eigenvalue weighted by Crippen LogP contribution is -2.33. The van der Waals surface area contributed by atoms with Crippen LogP contribution >= 0.6 is 0 Å². The number of benzene rings is 2. The molecule has 0 amide bonds. The van der Waals surface area contributed by atoms with Gasteiger partial charge >= 0.3 is 0 Å². The maximum atomic E-state index is 12.1. The monoisotopic (exact) mass is 264 g/mol. The first-order chi connectivity index (χ1) is 9.64. The van der Waals surface area contributed by atoms with Gasteiger partial charge in [0.25, 0.3) is 0 Å². The Morgan fingerprint density at radius 1 is 0.950 bits per heavy atom. The molecule has 0 unspecified atom stereocenters. The fraction of sp³-hybridized carbons (Fsp3) is 0.167. The van der Waals surface area contributed by atoms with Gasteiger partial charge in [-0.25, -0.2) is 0 Å². The van der Waals surface area contributed by atoms with Crippen LogP contribution in [-0.2, 0) is 10.4 Å². The zero-order valence-electron chi connectivity index (χ0n) is 11.3. The van der Waals surface area contributed by atoms with E-state index in [1.807, 2.05) is 60.7 Å². The molecule has 2 heteroatoms. The number of carbonyl (C=O) groups is 1. The standard InChI is InChI=1S/C18H16O2/c1-13-17(19)12-16(14-8-4-2-5-9-14)18(13,20)15-10-6-3-7-11-15/h2-13,20H,1H3/t13-,18-/m0/s1. The molecule has 1 aliphatic rings. The van der Waals surface area contributed by atoms with Crippen LogP contribution in [0.4, 0.5) is 0 Å². The minimum Gasteiger partial charge on any atom is -0.380 e. The lowest BCUT2D eigenvalue weighted by Gasteiger charge is -2.31. The molecule has 1 aliphatic carbocycles. The Balaban J connectivity index is 2.18. The Kier molecular flexibility index (Phi) is 3.03. The van der Waals surface area contributed by atoms with Crippen LogP contribution in [0.25, 0.3) is 5.57 Å². The number of allylic oxidation sites excluding steroid dienone is 1. The minimum absolute atomic E-state index is 0.0322. The smallest absolute Gasteiger partial charge is 0.162 e. The zero-order valence-corrected chi connectivity index (χ0v) is 11.3. The van der Waals surface area contributed by atoms with E-state index in [1.165, 1.54) is 0 Å². The molecule has 2 aromatic carbocycles. The van der Waals surface area contributed by atoms with Crippen LogP contribution < -0.4 is 0 Å². The van der Waals surface area contributed by atoms with Crippen LogP contribution in [0.5, 0.6) is 0 Å². The van der Waals surface area contributed by atoms with Gasteiger partial charge in [-0.05, 0) is 22.8 Å². The van der Waals surface area contributed by atoms with Crippen LogP contribution in [0.15, 0.2) is 66.7 Å². The normalized spacial score (nSPS) is 25.6. The van der Waals surface area contributed by atoms with Crippen LogP contribution in [0, 0.1) is 5.92 Å². The molecule has 0 saturated heterocycles. The summed E-state index contributed by atoms with van der Waals surface area (Å²) >= 11 is 0. The van der Waals surface area contributed by atoms with Gasteiger partial charge in [-0.1, -0.05) is 67.6 Å². The first-order valence-corrected chi connectivity index (χ1v) is 6.73. The number of ketones is 1. The minimum atomic E-state index is -1.25. The average molecular weight is 264 g/mol. The SMILES string of the molecule is C[C@H]1C(=O)C=C(c2ccccc2)[C@@]1(O)c1ccccc1. The van der Waals surface area contributed by atoms with Gasteiger partial charge in [-0.15, -0.1) is 0 Å². The molecule has 2 nitrogen and oxygen atoms in total. The van der Waals surface area contributed by atoms with Crippen LogP contribution in [-0.4, -0.2) is 10.9 Å². The third kappa shape index (κ3) is 1.81. The molecule has 0 fully saturated rings. The molecule has 100 valence electrons. The third-order valence-electron chi connectivity index (χ3n) is 4.05. The Labute approximate surface area is 118 Å². The molecule has 0 heterocycles. The van der Waals surface area contributed by atoms with Crippen molar-refractivity contribution >= 4 is 11.4 Å². The second-order valence-electron chi connectivity index (χ2n) is 5.18. The Bertz CT molecular complexity index is 658. The first kappa shape index (κ1) is 12.8. The van der Waals surface area contributed by atoms with Gasteiger partial charge in [0.2, 0.25) is 0 Å². The highest BCUT2D eigenvalue weighted by molar-refractivity contribution is 6.06. The van der Waals surface area contributed by atoms with E-state index in [4.69, 9.17) is 0 Å². The summed E-state index contributed by atoms with van der Waals surface area (Å²) in [5.74, 6) is -0.504. The summed E-state index contributed by atoms with van der Waals surface area (Å²) < 4.78 is 0. The lowest BCUT2D eigenvalue weighted by atomic mass is 9.78. The maximum Gasteiger partial charge on any atom is 0.162 e. The molecule has 2 aromatic rings. The predicted octanol–water partition coefficient (Wildman–Crippen LogP) is 3.18. The van der Waals surface area contributed by atoms with E-state index in [0.29, 0.717) is 5.57 Å². The lowest BCUT2D eigenvalue weighted by molar-refractivity contribution is -0.121. The summed E-state index contributed by atoms with van der Waals surface area (Å²) in [4.78, 5) is 12.1. The summed E-state index contributed by atoms with van der Waals surface area (Å²) in [6.45, 7) is 1.78. The van der Waals surface area contributed by atoms with Gasteiger partial charge in [0.05, 0.1) is 5.92 Å². The van der Waals surface area contributed by atoms with Crippen molar-refractivity contribution in [3.8, 4) is 0 Å². The Morgan fingerprint density at radius 3 is 2.10 bits per heavy atom. The average Bonchev–Trinajstić information content (AvgIpc) is 2.74.